The number of para-hydroxylation sites is 1. The Balaban J connectivity index is 1.45. The minimum atomic E-state index is -1.62. The second kappa shape index (κ2) is 12.3. The van der Waals surface area contributed by atoms with Gasteiger partial charge in [0.2, 0.25) is 0 Å². The van der Waals surface area contributed by atoms with Crippen LogP contribution in [0.25, 0.3) is 0 Å². The van der Waals surface area contributed by atoms with E-state index in [0.717, 1.165) is 0 Å². The third-order valence-electron chi connectivity index (χ3n) is 6.12. The van der Waals surface area contributed by atoms with Crippen molar-refractivity contribution in [2.75, 3.05) is 7.11 Å². The van der Waals surface area contributed by atoms with Crippen LogP contribution in [0.1, 0.15) is 44.4 Å². The molecular formula is C28H23Cl2N3O7. The number of phenolic OH excluding ortho intramolecular Hbond substituents is 1. The fraction of sp³-hybridized carbons (Fsp3) is 0.179. The molecule has 12 heteroatoms. The van der Waals surface area contributed by atoms with Gasteiger partial charge in [-0.3, -0.25) is 14.4 Å². The molecule has 0 saturated carbocycles. The Morgan fingerprint density at radius 2 is 1.70 bits per heavy atom. The van der Waals surface area contributed by atoms with Crippen molar-refractivity contribution >= 4 is 58.2 Å². The topological polar surface area (TPSA) is 154 Å². The number of fused-ring (bicyclic) bond motifs is 1. The number of hydrogen-bond acceptors (Lipinski definition) is 7. The van der Waals surface area contributed by atoms with Crippen molar-refractivity contribution < 1.29 is 34.1 Å². The minimum Gasteiger partial charge on any atom is -0.508 e. The summed E-state index contributed by atoms with van der Waals surface area (Å²) in [6, 6.07) is 14.1. The number of nitrogens with zero attached hydrogens (tertiary/aromatic N) is 1. The molecule has 1 aliphatic rings. The lowest BCUT2D eigenvalue weighted by Crippen LogP contribution is -2.46. The van der Waals surface area contributed by atoms with E-state index in [9.17, 15) is 29.4 Å². The standard InChI is InChI=1S/C28H23Cl2N3O7/c1-40-25-17-7-2-3-8-20(17)32-24(25)27(37)33-21(28(38)39)12-22(35)23-18(29)10-15(11-19(23)30)26(36)31-13-14-5-4-6-16(34)9-14/h2-11,21,25,34H,12-13H2,1H3,(H,31,36)(H,33,37)(H,38,39). The van der Waals surface area contributed by atoms with Gasteiger partial charge in [-0.25, -0.2) is 9.79 Å². The van der Waals surface area contributed by atoms with Gasteiger partial charge >= 0.3 is 5.97 Å². The molecule has 0 saturated heterocycles. The van der Waals surface area contributed by atoms with Crippen LogP contribution in [0.3, 0.4) is 0 Å². The van der Waals surface area contributed by atoms with E-state index in [4.69, 9.17) is 27.9 Å². The number of Topliss-reactive ketones (excluding diaryl/α,β-unsaturated/α-hetero) is 1. The number of phenols is 1. The van der Waals surface area contributed by atoms with Gasteiger partial charge in [0, 0.05) is 31.2 Å². The first-order chi connectivity index (χ1) is 19.1. The summed E-state index contributed by atoms with van der Waals surface area (Å²) in [5, 5.41) is 23.9. The molecule has 0 bridgehead atoms. The van der Waals surface area contributed by atoms with Gasteiger partial charge in [0.05, 0.1) is 21.3 Å². The van der Waals surface area contributed by atoms with E-state index in [-0.39, 0.29) is 39.2 Å². The Bertz CT molecular complexity index is 1520. The predicted octanol–water partition coefficient (Wildman–Crippen LogP) is 4.25. The monoisotopic (exact) mass is 583 g/mol. The zero-order valence-electron chi connectivity index (χ0n) is 21.0. The van der Waals surface area contributed by atoms with Crippen LogP contribution in [0.2, 0.25) is 10.0 Å². The number of nitrogens with one attached hydrogen (secondary N) is 2. The lowest BCUT2D eigenvalue weighted by atomic mass is 10.0. The van der Waals surface area contributed by atoms with Gasteiger partial charge < -0.3 is 25.6 Å². The van der Waals surface area contributed by atoms with Crippen LogP contribution in [-0.4, -0.2) is 52.6 Å². The Hall–Kier alpha value is -4.25. The van der Waals surface area contributed by atoms with E-state index >= 15 is 0 Å². The first kappa shape index (κ1) is 28.8. The van der Waals surface area contributed by atoms with Crippen molar-refractivity contribution in [2.24, 2.45) is 4.99 Å². The maximum absolute atomic E-state index is 13.1. The average Bonchev–Trinajstić information content (AvgIpc) is 3.29. The number of carboxylic acids is 1. The number of ether oxygens (including phenoxy) is 1. The number of hydrogen-bond donors (Lipinski definition) is 4. The number of aliphatic imine (C=N–C) groups is 1. The van der Waals surface area contributed by atoms with Gasteiger partial charge in [0.25, 0.3) is 11.8 Å². The number of ketones is 1. The number of amides is 2. The first-order valence-corrected chi connectivity index (χ1v) is 12.7. The minimum absolute atomic E-state index is 0.0421. The molecule has 3 aromatic carbocycles. The zero-order chi connectivity index (χ0) is 29.0. The van der Waals surface area contributed by atoms with Crippen LogP contribution in [0.5, 0.6) is 5.75 Å². The summed E-state index contributed by atoms with van der Waals surface area (Å²) in [6.45, 7) is 0.115. The quantitative estimate of drug-likeness (QED) is 0.260. The maximum Gasteiger partial charge on any atom is 0.326 e. The number of carbonyl (C=O) groups is 4. The van der Waals surface area contributed by atoms with Crippen LogP contribution in [0, 0.1) is 0 Å². The normalized spacial score (nSPS) is 14.6. The number of rotatable bonds is 10. The first-order valence-electron chi connectivity index (χ1n) is 11.9. The van der Waals surface area contributed by atoms with E-state index in [1.807, 2.05) is 0 Å². The van der Waals surface area contributed by atoms with Gasteiger partial charge in [-0.2, -0.15) is 0 Å². The SMILES string of the molecule is COC1C(C(=O)NC(CC(=O)c2c(Cl)cc(C(=O)NCc3cccc(O)c3)cc2Cl)C(=O)O)=Nc2ccccc21. The zero-order valence-corrected chi connectivity index (χ0v) is 22.5. The fourth-order valence-corrected chi connectivity index (χ4v) is 4.89. The van der Waals surface area contributed by atoms with Crippen LogP contribution in [-0.2, 0) is 20.9 Å². The lowest BCUT2D eigenvalue weighted by Gasteiger charge is -2.17. The van der Waals surface area contributed by atoms with Crippen molar-refractivity contribution in [3.05, 3.63) is 93.0 Å². The fourth-order valence-electron chi connectivity index (χ4n) is 4.20. The van der Waals surface area contributed by atoms with Gasteiger partial charge in [-0.15, -0.1) is 0 Å². The molecule has 10 nitrogen and oxygen atoms in total. The molecule has 0 aromatic heterocycles. The third-order valence-corrected chi connectivity index (χ3v) is 6.71. The highest BCUT2D eigenvalue weighted by molar-refractivity contribution is 6.43. The summed E-state index contributed by atoms with van der Waals surface area (Å²) in [7, 11) is 1.40. The second-order valence-electron chi connectivity index (χ2n) is 8.83. The van der Waals surface area contributed by atoms with Gasteiger partial charge in [-0.1, -0.05) is 53.5 Å². The number of aromatic hydroxyl groups is 1. The third kappa shape index (κ3) is 6.31. The van der Waals surface area contributed by atoms with Gasteiger partial charge in [0.15, 0.2) is 5.78 Å². The van der Waals surface area contributed by atoms with Crippen LogP contribution < -0.4 is 10.6 Å². The molecule has 40 heavy (non-hydrogen) atoms. The molecule has 0 radical (unpaired) electrons. The van der Waals surface area contributed by atoms with Crippen molar-refractivity contribution in [3.63, 3.8) is 0 Å². The summed E-state index contributed by atoms with van der Waals surface area (Å²) >= 11 is 12.6. The molecule has 3 aromatic rings. The van der Waals surface area contributed by atoms with Crippen molar-refractivity contribution in [2.45, 2.75) is 25.1 Å². The predicted molar refractivity (Wildman–Crippen MR) is 148 cm³/mol. The molecule has 0 spiro atoms. The highest BCUT2D eigenvalue weighted by atomic mass is 35.5. The van der Waals surface area contributed by atoms with E-state index < -0.39 is 42.1 Å². The number of halogens is 2. The Morgan fingerprint density at radius 3 is 2.35 bits per heavy atom. The molecule has 4 rings (SSSR count). The van der Waals surface area contributed by atoms with E-state index in [1.54, 1.807) is 36.4 Å². The van der Waals surface area contributed by atoms with E-state index in [2.05, 4.69) is 15.6 Å². The molecule has 4 N–H and O–H groups in total. The van der Waals surface area contributed by atoms with Crippen LogP contribution >= 0.6 is 23.2 Å². The largest absolute Gasteiger partial charge is 0.508 e. The molecule has 206 valence electrons. The highest BCUT2D eigenvalue weighted by Gasteiger charge is 2.35. The molecular weight excluding hydrogens is 561 g/mol. The van der Waals surface area contributed by atoms with E-state index in [0.29, 0.717) is 16.8 Å². The molecule has 2 atom stereocenters. The summed E-state index contributed by atoms with van der Waals surface area (Å²) in [4.78, 5) is 54.8. The molecule has 1 aliphatic heterocycles. The second-order valence-corrected chi connectivity index (χ2v) is 9.65. The lowest BCUT2D eigenvalue weighted by molar-refractivity contribution is -0.141. The molecule has 1 heterocycles. The smallest absolute Gasteiger partial charge is 0.326 e. The number of methoxy groups -OCH3 is 1. The van der Waals surface area contributed by atoms with Gasteiger partial charge in [-0.05, 0) is 35.9 Å². The van der Waals surface area contributed by atoms with Crippen molar-refractivity contribution in [1.29, 1.82) is 0 Å². The summed E-state index contributed by atoms with van der Waals surface area (Å²) in [5.74, 6) is -3.50. The Kier molecular flexibility index (Phi) is 8.83. The Morgan fingerprint density at radius 1 is 1.00 bits per heavy atom. The maximum atomic E-state index is 13.1. The number of carboxylic acid groups (broad SMARTS) is 1. The molecule has 2 amide bonds. The summed E-state index contributed by atoms with van der Waals surface area (Å²) in [5.41, 5.74) is 1.67. The summed E-state index contributed by atoms with van der Waals surface area (Å²) in [6.07, 6.45) is -1.46. The molecule has 2 unspecified atom stereocenters. The average molecular weight is 584 g/mol. The highest BCUT2D eigenvalue weighted by Crippen LogP contribution is 2.35. The van der Waals surface area contributed by atoms with Crippen molar-refractivity contribution in [3.8, 4) is 5.75 Å². The van der Waals surface area contributed by atoms with Gasteiger partial charge in [0.1, 0.15) is 23.6 Å². The molecule has 0 aliphatic carbocycles. The van der Waals surface area contributed by atoms with Crippen LogP contribution in [0.15, 0.2) is 65.7 Å². The molecule has 0 fully saturated rings. The van der Waals surface area contributed by atoms with Crippen LogP contribution in [0.4, 0.5) is 5.69 Å². The Labute approximate surface area is 238 Å². The van der Waals surface area contributed by atoms with Crippen molar-refractivity contribution in [1.82, 2.24) is 10.6 Å². The summed E-state index contributed by atoms with van der Waals surface area (Å²) < 4.78 is 5.39. The van der Waals surface area contributed by atoms with E-state index in [1.165, 1.54) is 31.4 Å². The number of aliphatic carboxylic acids is 1. The number of benzene rings is 3. The number of carbonyl (C=O) groups excluding carboxylic acids is 3.